The molecule has 8 bridgehead atoms. The van der Waals surface area contributed by atoms with E-state index in [4.69, 9.17) is 0 Å². The van der Waals surface area contributed by atoms with E-state index in [1.807, 2.05) is 0 Å². The van der Waals surface area contributed by atoms with Gasteiger partial charge < -0.3 is 5.11 Å². The summed E-state index contributed by atoms with van der Waals surface area (Å²) in [6.07, 6.45) is 17.3. The molecule has 116 valence electrons. The predicted molar refractivity (Wildman–Crippen MR) is 82.7 cm³/mol. The molecule has 8 saturated carbocycles. The molecule has 4 atom stereocenters. The molecule has 8 fully saturated rings. The minimum absolute atomic E-state index is 0.243. The van der Waals surface area contributed by atoms with Crippen molar-refractivity contribution >= 4 is 0 Å². The lowest BCUT2D eigenvalue weighted by Crippen LogP contribution is -2.64. The van der Waals surface area contributed by atoms with Crippen molar-refractivity contribution in [3.8, 4) is 0 Å². The minimum Gasteiger partial charge on any atom is -0.390 e. The van der Waals surface area contributed by atoms with Gasteiger partial charge in [-0.2, -0.15) is 0 Å². The van der Waals surface area contributed by atoms with Crippen LogP contribution in [0.3, 0.4) is 0 Å². The molecule has 2 unspecified atom stereocenters. The Balaban J connectivity index is 1.45. The smallest absolute Gasteiger partial charge is 0.0658 e. The van der Waals surface area contributed by atoms with Crippen LogP contribution in [0, 0.1) is 40.4 Å². The van der Waals surface area contributed by atoms with Gasteiger partial charge in [-0.15, -0.1) is 0 Å². The Kier molecular flexibility index (Phi) is 2.09. The Hall–Kier alpha value is -0.0400. The molecule has 8 aliphatic carbocycles. The third-order valence-electron chi connectivity index (χ3n) is 9.19. The van der Waals surface area contributed by atoms with Crippen LogP contribution in [0.4, 0.5) is 0 Å². The zero-order chi connectivity index (χ0) is 13.9. The number of rotatable bonds is 1. The lowest BCUT2D eigenvalue weighted by Gasteiger charge is -2.71. The molecule has 1 heteroatoms. The summed E-state index contributed by atoms with van der Waals surface area (Å²) in [5.74, 6) is 4.96. The second kappa shape index (κ2) is 3.55. The average Bonchev–Trinajstić information content (AvgIpc) is 2.33. The highest BCUT2D eigenvalue weighted by atomic mass is 16.3. The second-order valence-corrected chi connectivity index (χ2v) is 10.7. The monoisotopic (exact) mass is 286 g/mol. The van der Waals surface area contributed by atoms with Crippen molar-refractivity contribution in [3.63, 3.8) is 0 Å². The van der Waals surface area contributed by atoms with Crippen LogP contribution in [-0.2, 0) is 0 Å². The van der Waals surface area contributed by atoms with E-state index >= 15 is 0 Å². The van der Waals surface area contributed by atoms with Crippen LogP contribution in [0.2, 0.25) is 0 Å². The summed E-state index contributed by atoms with van der Waals surface area (Å²) in [7, 11) is 0. The summed E-state index contributed by atoms with van der Waals surface area (Å²) in [5, 5.41) is 11.2. The highest BCUT2D eigenvalue weighted by Gasteiger charge is 2.67. The summed E-state index contributed by atoms with van der Waals surface area (Å²) in [5.41, 5.74) is 1.00. The summed E-state index contributed by atoms with van der Waals surface area (Å²) in [4.78, 5) is 0. The summed E-state index contributed by atoms with van der Waals surface area (Å²) < 4.78 is 0. The van der Waals surface area contributed by atoms with Crippen LogP contribution in [0.1, 0.15) is 77.0 Å². The second-order valence-electron chi connectivity index (χ2n) is 10.7. The zero-order valence-electron chi connectivity index (χ0n) is 13.3. The van der Waals surface area contributed by atoms with Gasteiger partial charge in [0.15, 0.2) is 0 Å². The Morgan fingerprint density at radius 3 is 1.43 bits per heavy atom. The molecule has 1 nitrogen and oxygen atoms in total. The summed E-state index contributed by atoms with van der Waals surface area (Å²) in [6, 6.07) is 0. The zero-order valence-corrected chi connectivity index (χ0v) is 13.3. The van der Waals surface area contributed by atoms with E-state index in [-0.39, 0.29) is 5.60 Å². The summed E-state index contributed by atoms with van der Waals surface area (Å²) >= 11 is 0. The van der Waals surface area contributed by atoms with Gasteiger partial charge in [-0.05, 0) is 117 Å². The first kappa shape index (κ1) is 12.4. The highest BCUT2D eigenvalue weighted by molar-refractivity contribution is 5.17. The largest absolute Gasteiger partial charge is 0.390 e. The van der Waals surface area contributed by atoms with E-state index in [0.717, 1.165) is 42.4 Å². The van der Waals surface area contributed by atoms with Crippen molar-refractivity contribution in [2.45, 2.75) is 82.7 Å². The summed E-state index contributed by atoms with van der Waals surface area (Å²) in [6.45, 7) is 0. The van der Waals surface area contributed by atoms with E-state index in [9.17, 15) is 5.11 Å². The predicted octanol–water partition coefficient (Wildman–Crippen LogP) is 4.53. The number of aliphatic hydroxyl groups is 1. The lowest BCUT2D eigenvalue weighted by atomic mass is 9.34. The molecular weight excluding hydrogens is 256 g/mol. The van der Waals surface area contributed by atoms with Crippen LogP contribution in [0.5, 0.6) is 0 Å². The van der Waals surface area contributed by atoms with Crippen molar-refractivity contribution in [1.29, 1.82) is 0 Å². The Morgan fingerprint density at radius 1 is 0.524 bits per heavy atom. The molecule has 0 amide bonds. The molecule has 8 aliphatic rings. The molecule has 0 aliphatic heterocycles. The van der Waals surface area contributed by atoms with Crippen LogP contribution in [0.15, 0.2) is 0 Å². The molecule has 0 aromatic rings. The van der Waals surface area contributed by atoms with Crippen LogP contribution in [-0.4, -0.2) is 10.7 Å². The molecule has 21 heavy (non-hydrogen) atoms. The maximum absolute atomic E-state index is 11.2. The van der Waals surface area contributed by atoms with Crippen molar-refractivity contribution in [3.05, 3.63) is 0 Å². The van der Waals surface area contributed by atoms with E-state index in [1.165, 1.54) is 25.7 Å². The van der Waals surface area contributed by atoms with Gasteiger partial charge in [0.25, 0.3) is 0 Å². The van der Waals surface area contributed by atoms with Gasteiger partial charge in [0.2, 0.25) is 0 Å². The van der Waals surface area contributed by atoms with Gasteiger partial charge in [-0.25, -0.2) is 0 Å². The number of hydrogen-bond donors (Lipinski definition) is 1. The van der Waals surface area contributed by atoms with Crippen molar-refractivity contribution < 1.29 is 5.11 Å². The fourth-order valence-corrected chi connectivity index (χ4v) is 9.59. The molecule has 0 radical (unpaired) electrons. The first-order chi connectivity index (χ1) is 10.1. The highest BCUT2D eigenvalue weighted by Crippen LogP contribution is 2.75. The van der Waals surface area contributed by atoms with Gasteiger partial charge in [0, 0.05) is 0 Å². The number of hydrogen-bond acceptors (Lipinski definition) is 1. The SMILES string of the molecule is OC12C[C@H]3C[C@@H](C1)CC(C14CC5CC(CC(C5)C1)C4)(C3)C2. The Morgan fingerprint density at radius 2 is 0.952 bits per heavy atom. The maximum Gasteiger partial charge on any atom is 0.0658 e. The fraction of sp³-hybridized carbons (Fsp3) is 1.00. The quantitative estimate of drug-likeness (QED) is 0.750. The Bertz CT molecular complexity index is 443. The van der Waals surface area contributed by atoms with E-state index in [2.05, 4.69) is 0 Å². The maximum atomic E-state index is 11.2. The Labute approximate surface area is 128 Å². The van der Waals surface area contributed by atoms with Gasteiger partial charge in [0.1, 0.15) is 0 Å². The molecule has 0 aromatic carbocycles. The molecule has 0 saturated heterocycles. The lowest BCUT2D eigenvalue weighted by molar-refractivity contribution is -0.240. The van der Waals surface area contributed by atoms with Crippen molar-refractivity contribution in [2.24, 2.45) is 40.4 Å². The third-order valence-corrected chi connectivity index (χ3v) is 9.19. The van der Waals surface area contributed by atoms with Crippen LogP contribution >= 0.6 is 0 Å². The van der Waals surface area contributed by atoms with Gasteiger partial charge >= 0.3 is 0 Å². The van der Waals surface area contributed by atoms with Gasteiger partial charge in [-0.1, -0.05) is 0 Å². The topological polar surface area (TPSA) is 20.2 Å². The van der Waals surface area contributed by atoms with E-state index in [0.29, 0.717) is 10.8 Å². The standard InChI is InChI=1S/C20H30O/c21-20-10-16-4-17(11-20)9-19(8-16,12-20)18-5-13-1-14(6-18)3-15(2-13)7-18/h13-17,21H,1-12H2/t13?,14?,15?,16-,17+,18?,19?,20?. The van der Waals surface area contributed by atoms with E-state index in [1.54, 1.807) is 38.5 Å². The molecule has 0 heterocycles. The molecule has 0 spiro atoms. The normalized spacial score (nSPS) is 67.0. The van der Waals surface area contributed by atoms with Gasteiger partial charge in [-0.3, -0.25) is 0 Å². The first-order valence-electron chi connectivity index (χ1n) is 9.78. The van der Waals surface area contributed by atoms with Crippen LogP contribution in [0.25, 0.3) is 0 Å². The van der Waals surface area contributed by atoms with Gasteiger partial charge in [0.05, 0.1) is 5.60 Å². The van der Waals surface area contributed by atoms with Crippen molar-refractivity contribution in [2.75, 3.05) is 0 Å². The molecule has 8 rings (SSSR count). The van der Waals surface area contributed by atoms with Crippen molar-refractivity contribution in [1.82, 2.24) is 0 Å². The molecular formula is C20H30O. The fourth-order valence-electron chi connectivity index (χ4n) is 9.59. The van der Waals surface area contributed by atoms with Crippen LogP contribution < -0.4 is 0 Å². The molecule has 1 N–H and O–H groups in total. The average molecular weight is 286 g/mol. The van der Waals surface area contributed by atoms with E-state index < -0.39 is 0 Å². The third kappa shape index (κ3) is 1.48. The minimum atomic E-state index is -0.243. The first-order valence-corrected chi connectivity index (χ1v) is 9.78. The molecule has 0 aromatic heterocycles.